The number of methoxy groups -OCH3 is 1. The van der Waals surface area contributed by atoms with Crippen LogP contribution in [0.15, 0.2) is 39.3 Å². The predicted octanol–water partition coefficient (Wildman–Crippen LogP) is 4.82. The third kappa shape index (κ3) is 6.00. The van der Waals surface area contributed by atoms with Crippen LogP contribution >= 0.6 is 31.9 Å². The van der Waals surface area contributed by atoms with E-state index in [1.54, 1.807) is 18.2 Å². The molecule has 0 fully saturated rings. The normalized spacial score (nSPS) is 10.5. The van der Waals surface area contributed by atoms with Crippen molar-refractivity contribution in [3.63, 3.8) is 0 Å². The van der Waals surface area contributed by atoms with Crippen molar-refractivity contribution in [2.45, 2.75) is 6.92 Å². The van der Waals surface area contributed by atoms with Crippen molar-refractivity contribution in [1.82, 2.24) is 0 Å². The van der Waals surface area contributed by atoms with Gasteiger partial charge in [-0.2, -0.15) is 0 Å². The van der Waals surface area contributed by atoms with Gasteiger partial charge in [-0.3, -0.25) is 4.79 Å². The number of carbonyl (C=O) groups is 1. The van der Waals surface area contributed by atoms with Crippen molar-refractivity contribution in [2.24, 2.45) is 0 Å². The quantitative estimate of drug-likeness (QED) is 0.355. The van der Waals surface area contributed by atoms with Crippen molar-refractivity contribution in [2.75, 3.05) is 33.5 Å². The summed E-state index contributed by atoms with van der Waals surface area (Å²) in [5.41, 5.74) is 1.68. The van der Waals surface area contributed by atoms with Crippen LogP contribution in [0.1, 0.15) is 15.9 Å². The lowest BCUT2D eigenvalue weighted by atomic mass is 10.2. The van der Waals surface area contributed by atoms with E-state index in [0.717, 1.165) is 26.5 Å². The Hall–Kier alpha value is -1.57. The number of benzene rings is 2. The summed E-state index contributed by atoms with van der Waals surface area (Å²) >= 11 is 6.98. The predicted molar refractivity (Wildman–Crippen MR) is 107 cm³/mol. The SMILES string of the molecule is COc1cc(C=O)ccc1OCCOCCOc1c(Br)cc(C)cc1Br. The fourth-order valence-corrected chi connectivity index (χ4v) is 3.86. The van der Waals surface area contributed by atoms with E-state index in [-0.39, 0.29) is 0 Å². The Bertz CT molecular complexity index is 726. The Morgan fingerprint density at radius 2 is 1.58 bits per heavy atom. The molecule has 0 amide bonds. The van der Waals surface area contributed by atoms with E-state index in [2.05, 4.69) is 31.9 Å². The van der Waals surface area contributed by atoms with Gasteiger partial charge in [0.15, 0.2) is 11.5 Å². The van der Waals surface area contributed by atoms with Crippen LogP contribution in [0.2, 0.25) is 0 Å². The lowest BCUT2D eigenvalue weighted by Gasteiger charge is -2.13. The molecule has 2 aromatic rings. The first-order chi connectivity index (χ1) is 12.5. The highest BCUT2D eigenvalue weighted by Gasteiger charge is 2.08. The van der Waals surface area contributed by atoms with E-state index < -0.39 is 0 Å². The Morgan fingerprint density at radius 3 is 2.19 bits per heavy atom. The first-order valence-corrected chi connectivity index (χ1v) is 9.56. The zero-order chi connectivity index (χ0) is 18.9. The number of carbonyl (C=O) groups excluding carboxylic acids is 1. The monoisotopic (exact) mass is 486 g/mol. The second-order valence-electron chi connectivity index (χ2n) is 5.40. The second kappa shape index (κ2) is 10.5. The van der Waals surface area contributed by atoms with Gasteiger partial charge in [0, 0.05) is 5.56 Å². The molecule has 2 rings (SSSR count). The fraction of sp³-hybridized carbons (Fsp3) is 0.316. The number of hydrogen-bond donors (Lipinski definition) is 0. The molecule has 0 saturated carbocycles. The summed E-state index contributed by atoms with van der Waals surface area (Å²) in [7, 11) is 1.53. The van der Waals surface area contributed by atoms with Gasteiger partial charge in [0.25, 0.3) is 0 Å². The molecule has 7 heteroatoms. The molecule has 0 heterocycles. The van der Waals surface area contributed by atoms with Gasteiger partial charge in [0.05, 0.1) is 29.3 Å². The van der Waals surface area contributed by atoms with E-state index >= 15 is 0 Å². The molecule has 0 aliphatic heterocycles. The van der Waals surface area contributed by atoms with E-state index in [1.165, 1.54) is 7.11 Å². The van der Waals surface area contributed by atoms with Crippen LogP contribution in [0, 0.1) is 6.92 Å². The molecule has 0 unspecified atom stereocenters. The molecule has 140 valence electrons. The average molecular weight is 488 g/mol. The maximum absolute atomic E-state index is 10.8. The van der Waals surface area contributed by atoms with E-state index in [4.69, 9.17) is 18.9 Å². The van der Waals surface area contributed by atoms with Gasteiger partial charge in [-0.05, 0) is 74.7 Å². The largest absolute Gasteiger partial charge is 0.493 e. The average Bonchev–Trinajstić information content (AvgIpc) is 2.62. The minimum absolute atomic E-state index is 0.370. The second-order valence-corrected chi connectivity index (χ2v) is 7.10. The molecule has 0 aliphatic carbocycles. The van der Waals surface area contributed by atoms with Crippen molar-refractivity contribution in [3.8, 4) is 17.2 Å². The summed E-state index contributed by atoms with van der Waals surface area (Å²) in [5.74, 6) is 1.85. The molecule has 2 aromatic carbocycles. The maximum atomic E-state index is 10.8. The van der Waals surface area contributed by atoms with E-state index in [9.17, 15) is 4.79 Å². The van der Waals surface area contributed by atoms with Crippen LogP contribution in [-0.2, 0) is 4.74 Å². The number of aldehydes is 1. The fourth-order valence-electron chi connectivity index (χ4n) is 2.22. The van der Waals surface area contributed by atoms with Gasteiger partial charge in [0.1, 0.15) is 25.2 Å². The number of rotatable bonds is 10. The Balaban J connectivity index is 1.69. The lowest BCUT2D eigenvalue weighted by molar-refractivity contribution is 0.0753. The molecule has 0 aromatic heterocycles. The van der Waals surface area contributed by atoms with Crippen molar-refractivity contribution in [3.05, 3.63) is 50.4 Å². The number of aryl methyl sites for hydroxylation is 1. The van der Waals surface area contributed by atoms with Gasteiger partial charge >= 0.3 is 0 Å². The van der Waals surface area contributed by atoms with Crippen LogP contribution in [0.5, 0.6) is 17.2 Å². The van der Waals surface area contributed by atoms with Crippen LogP contribution in [-0.4, -0.2) is 39.8 Å². The van der Waals surface area contributed by atoms with E-state index in [1.807, 2.05) is 19.1 Å². The lowest BCUT2D eigenvalue weighted by Crippen LogP contribution is -2.12. The van der Waals surface area contributed by atoms with Crippen LogP contribution < -0.4 is 14.2 Å². The van der Waals surface area contributed by atoms with Crippen LogP contribution in [0.25, 0.3) is 0 Å². The van der Waals surface area contributed by atoms with Crippen molar-refractivity contribution in [1.29, 1.82) is 0 Å². The van der Waals surface area contributed by atoms with Crippen molar-refractivity contribution >= 4 is 38.1 Å². The third-order valence-corrected chi connectivity index (χ3v) is 4.60. The molecule has 0 spiro atoms. The van der Waals surface area contributed by atoms with E-state index in [0.29, 0.717) is 43.5 Å². The Morgan fingerprint density at radius 1 is 0.923 bits per heavy atom. The number of hydrogen-bond acceptors (Lipinski definition) is 5. The van der Waals surface area contributed by atoms with Crippen LogP contribution in [0.4, 0.5) is 0 Å². The third-order valence-electron chi connectivity index (χ3n) is 3.43. The molecular weight excluding hydrogens is 468 g/mol. The summed E-state index contributed by atoms with van der Waals surface area (Å²) in [6, 6.07) is 9.01. The molecule has 0 atom stereocenters. The highest BCUT2D eigenvalue weighted by Crippen LogP contribution is 2.34. The van der Waals surface area contributed by atoms with Gasteiger partial charge in [0.2, 0.25) is 0 Å². The standard InChI is InChI=1S/C19H20Br2O5/c1-13-9-15(20)19(16(21)10-13)26-8-6-24-5-7-25-17-4-3-14(12-22)11-18(17)23-2/h3-4,9-12H,5-8H2,1-2H3. The topological polar surface area (TPSA) is 54.0 Å². The number of halogens is 2. The smallest absolute Gasteiger partial charge is 0.161 e. The summed E-state index contributed by atoms with van der Waals surface area (Å²) in [6.45, 7) is 3.67. The van der Waals surface area contributed by atoms with Crippen molar-refractivity contribution < 1.29 is 23.7 Å². The highest BCUT2D eigenvalue weighted by molar-refractivity contribution is 9.11. The molecule has 26 heavy (non-hydrogen) atoms. The molecular formula is C19H20Br2O5. The summed E-state index contributed by atoms with van der Waals surface area (Å²) in [6.07, 6.45) is 0.764. The van der Waals surface area contributed by atoms with Crippen LogP contribution in [0.3, 0.4) is 0 Å². The van der Waals surface area contributed by atoms with Gasteiger partial charge < -0.3 is 18.9 Å². The minimum atomic E-state index is 0.370. The minimum Gasteiger partial charge on any atom is -0.493 e. The van der Waals surface area contributed by atoms with Gasteiger partial charge in [-0.1, -0.05) is 0 Å². The maximum Gasteiger partial charge on any atom is 0.161 e. The summed E-state index contributed by atoms with van der Waals surface area (Å²) < 4.78 is 23.9. The van der Waals surface area contributed by atoms with Gasteiger partial charge in [-0.25, -0.2) is 0 Å². The summed E-state index contributed by atoms with van der Waals surface area (Å²) in [4.78, 5) is 10.8. The molecule has 0 saturated heterocycles. The highest BCUT2D eigenvalue weighted by atomic mass is 79.9. The first-order valence-electron chi connectivity index (χ1n) is 7.97. The molecule has 0 aliphatic rings. The Labute approximate surface area is 169 Å². The summed E-state index contributed by atoms with van der Waals surface area (Å²) in [5, 5.41) is 0. The molecule has 0 N–H and O–H groups in total. The zero-order valence-electron chi connectivity index (χ0n) is 14.6. The molecule has 0 radical (unpaired) electrons. The zero-order valence-corrected chi connectivity index (χ0v) is 17.8. The number of ether oxygens (including phenoxy) is 4. The Kier molecular flexibility index (Phi) is 8.41. The van der Waals surface area contributed by atoms with Gasteiger partial charge in [-0.15, -0.1) is 0 Å². The first kappa shape index (κ1) is 20.7. The molecule has 0 bridgehead atoms. The molecule has 5 nitrogen and oxygen atoms in total.